The third-order valence-electron chi connectivity index (χ3n) is 2.94. The van der Waals surface area contributed by atoms with Crippen LogP contribution in [0, 0.1) is 6.92 Å². The molecule has 0 fully saturated rings. The van der Waals surface area contributed by atoms with Gasteiger partial charge in [-0.2, -0.15) is 0 Å². The van der Waals surface area contributed by atoms with E-state index in [9.17, 15) is 4.79 Å². The summed E-state index contributed by atoms with van der Waals surface area (Å²) >= 11 is 5.08. The Morgan fingerprint density at radius 3 is 2.45 bits per heavy atom. The van der Waals surface area contributed by atoms with Crippen LogP contribution in [-0.2, 0) is 0 Å². The van der Waals surface area contributed by atoms with E-state index in [1.807, 2.05) is 37.3 Å². The standard InChI is InChI=1S/C17H18N2O2S/c1-13-7-9-15(10-8-13)21-12-11-18-17(22)19-16(20)14-5-3-2-4-6-14/h2-10H,11-12H2,1H3,(H2,18,19,20,22). The first-order valence-corrected chi connectivity index (χ1v) is 7.39. The van der Waals surface area contributed by atoms with Crippen LogP contribution in [0.25, 0.3) is 0 Å². The van der Waals surface area contributed by atoms with Gasteiger partial charge in [0.15, 0.2) is 5.11 Å². The number of carbonyl (C=O) groups excluding carboxylic acids is 1. The summed E-state index contributed by atoms with van der Waals surface area (Å²) in [6.07, 6.45) is 0. The number of hydrogen-bond acceptors (Lipinski definition) is 3. The molecule has 1 amide bonds. The number of nitrogens with one attached hydrogen (secondary N) is 2. The molecule has 2 rings (SSSR count). The molecule has 0 aliphatic rings. The number of amides is 1. The molecule has 22 heavy (non-hydrogen) atoms. The van der Waals surface area contributed by atoms with Gasteiger partial charge in [0.2, 0.25) is 0 Å². The zero-order chi connectivity index (χ0) is 15.8. The van der Waals surface area contributed by atoms with Gasteiger partial charge in [-0.1, -0.05) is 35.9 Å². The molecule has 0 unspecified atom stereocenters. The van der Waals surface area contributed by atoms with Crippen molar-refractivity contribution in [1.82, 2.24) is 10.6 Å². The molecule has 0 radical (unpaired) electrons. The Morgan fingerprint density at radius 1 is 1.09 bits per heavy atom. The van der Waals surface area contributed by atoms with E-state index in [1.54, 1.807) is 24.3 Å². The van der Waals surface area contributed by atoms with Crippen LogP contribution in [0.4, 0.5) is 0 Å². The molecule has 0 saturated heterocycles. The van der Waals surface area contributed by atoms with Gasteiger partial charge in [-0.05, 0) is 43.4 Å². The summed E-state index contributed by atoms with van der Waals surface area (Å²) in [7, 11) is 0. The summed E-state index contributed by atoms with van der Waals surface area (Å²) in [6.45, 7) is 3.01. The molecule has 0 saturated carbocycles. The van der Waals surface area contributed by atoms with Crippen molar-refractivity contribution in [2.75, 3.05) is 13.2 Å². The lowest BCUT2D eigenvalue weighted by Crippen LogP contribution is -2.40. The molecular weight excluding hydrogens is 296 g/mol. The van der Waals surface area contributed by atoms with Crippen molar-refractivity contribution in [3.8, 4) is 5.75 Å². The van der Waals surface area contributed by atoms with E-state index in [0.717, 1.165) is 5.75 Å². The normalized spacial score (nSPS) is 9.86. The van der Waals surface area contributed by atoms with Crippen LogP contribution in [0.3, 0.4) is 0 Å². The third-order valence-corrected chi connectivity index (χ3v) is 3.19. The van der Waals surface area contributed by atoms with Crippen molar-refractivity contribution in [3.63, 3.8) is 0 Å². The zero-order valence-electron chi connectivity index (χ0n) is 12.3. The number of aryl methyl sites for hydroxylation is 1. The second-order valence-corrected chi connectivity index (χ2v) is 5.15. The number of thiocarbonyl (C=S) groups is 1. The van der Waals surface area contributed by atoms with Gasteiger partial charge in [0.25, 0.3) is 5.91 Å². The predicted molar refractivity (Wildman–Crippen MR) is 91.2 cm³/mol. The molecular formula is C17H18N2O2S. The summed E-state index contributed by atoms with van der Waals surface area (Å²) in [6, 6.07) is 16.8. The quantitative estimate of drug-likeness (QED) is 0.658. The Hall–Kier alpha value is -2.40. The van der Waals surface area contributed by atoms with E-state index in [0.29, 0.717) is 23.8 Å². The summed E-state index contributed by atoms with van der Waals surface area (Å²) < 4.78 is 5.57. The first-order valence-electron chi connectivity index (χ1n) is 6.99. The van der Waals surface area contributed by atoms with E-state index in [-0.39, 0.29) is 5.91 Å². The molecule has 0 aliphatic heterocycles. The van der Waals surface area contributed by atoms with Gasteiger partial charge in [-0.15, -0.1) is 0 Å². The maximum atomic E-state index is 11.9. The van der Waals surface area contributed by atoms with Gasteiger partial charge < -0.3 is 10.1 Å². The lowest BCUT2D eigenvalue weighted by atomic mass is 10.2. The largest absolute Gasteiger partial charge is 0.492 e. The number of carbonyl (C=O) groups is 1. The predicted octanol–water partition coefficient (Wildman–Crippen LogP) is 2.68. The lowest BCUT2D eigenvalue weighted by molar-refractivity contribution is 0.0976. The smallest absolute Gasteiger partial charge is 0.257 e. The molecule has 0 aromatic heterocycles. The summed E-state index contributed by atoms with van der Waals surface area (Å²) in [4.78, 5) is 11.9. The van der Waals surface area contributed by atoms with Crippen LogP contribution >= 0.6 is 12.2 Å². The molecule has 4 nitrogen and oxygen atoms in total. The summed E-state index contributed by atoms with van der Waals surface area (Å²) in [5, 5.41) is 5.86. The van der Waals surface area contributed by atoms with Gasteiger partial charge in [-0.3, -0.25) is 10.1 Å². The van der Waals surface area contributed by atoms with Crippen LogP contribution in [0.1, 0.15) is 15.9 Å². The minimum Gasteiger partial charge on any atom is -0.492 e. The van der Waals surface area contributed by atoms with Gasteiger partial charge in [-0.25, -0.2) is 0 Å². The van der Waals surface area contributed by atoms with Gasteiger partial charge in [0.1, 0.15) is 12.4 Å². The SMILES string of the molecule is Cc1ccc(OCCNC(=S)NC(=O)c2ccccc2)cc1. The molecule has 5 heteroatoms. The number of hydrogen-bond donors (Lipinski definition) is 2. The fourth-order valence-electron chi connectivity index (χ4n) is 1.78. The Balaban J connectivity index is 1.67. The first kappa shape index (κ1) is 16.0. The number of rotatable bonds is 5. The highest BCUT2D eigenvalue weighted by Crippen LogP contribution is 2.10. The van der Waals surface area contributed by atoms with Gasteiger partial charge in [0.05, 0.1) is 6.54 Å². The minimum absolute atomic E-state index is 0.224. The highest BCUT2D eigenvalue weighted by molar-refractivity contribution is 7.80. The average molecular weight is 314 g/mol. The Bertz CT molecular complexity index is 627. The van der Waals surface area contributed by atoms with E-state index in [2.05, 4.69) is 10.6 Å². The number of ether oxygens (including phenoxy) is 1. The fourth-order valence-corrected chi connectivity index (χ4v) is 1.97. The third kappa shape index (κ3) is 5.18. The molecule has 0 atom stereocenters. The highest BCUT2D eigenvalue weighted by Gasteiger charge is 2.06. The molecule has 0 heterocycles. The van der Waals surface area contributed by atoms with Gasteiger partial charge in [0, 0.05) is 5.56 Å². The molecule has 114 valence electrons. The topological polar surface area (TPSA) is 50.4 Å². The van der Waals surface area contributed by atoms with Crippen molar-refractivity contribution in [2.45, 2.75) is 6.92 Å². The van der Waals surface area contributed by atoms with E-state index < -0.39 is 0 Å². The Labute approximate surface area is 135 Å². The lowest BCUT2D eigenvalue weighted by Gasteiger charge is -2.10. The monoisotopic (exact) mass is 314 g/mol. The van der Waals surface area contributed by atoms with Crippen molar-refractivity contribution in [3.05, 3.63) is 65.7 Å². The van der Waals surface area contributed by atoms with Crippen LogP contribution in [0.15, 0.2) is 54.6 Å². The zero-order valence-corrected chi connectivity index (χ0v) is 13.2. The van der Waals surface area contributed by atoms with Crippen LogP contribution in [0.2, 0.25) is 0 Å². The molecule has 0 bridgehead atoms. The van der Waals surface area contributed by atoms with Crippen LogP contribution in [0.5, 0.6) is 5.75 Å². The highest BCUT2D eigenvalue weighted by atomic mass is 32.1. The van der Waals surface area contributed by atoms with Crippen LogP contribution < -0.4 is 15.4 Å². The number of benzene rings is 2. The summed E-state index contributed by atoms with van der Waals surface area (Å²) in [5.74, 6) is 0.587. The van der Waals surface area contributed by atoms with Crippen molar-refractivity contribution in [2.24, 2.45) is 0 Å². The molecule has 2 N–H and O–H groups in total. The van der Waals surface area contributed by atoms with Crippen molar-refractivity contribution < 1.29 is 9.53 Å². The van der Waals surface area contributed by atoms with E-state index in [4.69, 9.17) is 17.0 Å². The molecule has 0 spiro atoms. The molecule has 2 aromatic rings. The Morgan fingerprint density at radius 2 is 1.77 bits per heavy atom. The second kappa shape index (κ2) is 8.14. The van der Waals surface area contributed by atoms with Crippen molar-refractivity contribution >= 4 is 23.2 Å². The fraction of sp³-hybridized carbons (Fsp3) is 0.176. The van der Waals surface area contributed by atoms with E-state index in [1.165, 1.54) is 5.56 Å². The van der Waals surface area contributed by atoms with Gasteiger partial charge >= 0.3 is 0 Å². The van der Waals surface area contributed by atoms with Crippen molar-refractivity contribution in [1.29, 1.82) is 0 Å². The molecule has 2 aromatic carbocycles. The maximum absolute atomic E-state index is 11.9. The maximum Gasteiger partial charge on any atom is 0.257 e. The first-order chi connectivity index (χ1) is 10.6. The summed E-state index contributed by atoms with van der Waals surface area (Å²) in [5.41, 5.74) is 1.76. The molecule has 0 aliphatic carbocycles. The van der Waals surface area contributed by atoms with E-state index >= 15 is 0 Å². The second-order valence-electron chi connectivity index (χ2n) is 4.74. The Kier molecular flexibility index (Phi) is 5.91. The minimum atomic E-state index is -0.224. The average Bonchev–Trinajstić information content (AvgIpc) is 2.54. The van der Waals surface area contributed by atoms with Crippen LogP contribution in [-0.4, -0.2) is 24.2 Å².